The Labute approximate surface area is 98.6 Å². The van der Waals surface area contributed by atoms with Crippen LogP contribution < -0.4 is 11.1 Å². The van der Waals surface area contributed by atoms with Crippen LogP contribution in [0, 0.1) is 12.8 Å². The largest absolute Gasteiger partial charge is 0.409 e. The highest BCUT2D eigenvalue weighted by molar-refractivity contribution is 6.01. The predicted octanol–water partition coefficient (Wildman–Crippen LogP) is 0.372. The van der Waals surface area contributed by atoms with Gasteiger partial charge in [-0.1, -0.05) is 17.2 Å². The number of hydrogen-bond donors (Lipinski definition) is 3. The first-order valence-corrected chi connectivity index (χ1v) is 5.25. The average Bonchev–Trinajstić information content (AvgIpc) is 2.73. The van der Waals surface area contributed by atoms with Crippen molar-refractivity contribution in [1.82, 2.24) is 10.5 Å². The number of aryl methyl sites for hydroxylation is 1. The van der Waals surface area contributed by atoms with Gasteiger partial charge in [0.25, 0.3) is 0 Å². The number of carbonyl (C=O) groups is 1. The summed E-state index contributed by atoms with van der Waals surface area (Å²) in [6, 6.07) is 1.73. The van der Waals surface area contributed by atoms with E-state index < -0.39 is 5.92 Å². The fraction of sp³-hybridized carbons (Fsp3) is 0.500. The molecular weight excluding hydrogens is 224 g/mol. The Kier molecular flexibility index (Phi) is 4.50. The Morgan fingerprint density at radius 1 is 1.76 bits per heavy atom. The molecule has 7 nitrogen and oxygen atoms in total. The molecule has 1 rings (SSSR count). The first-order valence-electron chi connectivity index (χ1n) is 5.25. The first-order chi connectivity index (χ1) is 8.08. The Morgan fingerprint density at radius 2 is 2.47 bits per heavy atom. The van der Waals surface area contributed by atoms with E-state index in [-0.39, 0.29) is 18.3 Å². The minimum atomic E-state index is -0.631. The predicted molar refractivity (Wildman–Crippen MR) is 60.3 cm³/mol. The lowest BCUT2D eigenvalue weighted by molar-refractivity contribution is -0.123. The van der Waals surface area contributed by atoms with Crippen molar-refractivity contribution in [3.05, 3.63) is 17.5 Å². The van der Waals surface area contributed by atoms with Crippen molar-refractivity contribution in [3.63, 3.8) is 0 Å². The van der Waals surface area contributed by atoms with Gasteiger partial charge in [0.15, 0.2) is 5.84 Å². The highest BCUT2D eigenvalue weighted by atomic mass is 16.5. The van der Waals surface area contributed by atoms with E-state index in [9.17, 15) is 4.79 Å². The summed E-state index contributed by atoms with van der Waals surface area (Å²) in [5.41, 5.74) is 6.04. The minimum Gasteiger partial charge on any atom is -0.409 e. The maximum absolute atomic E-state index is 11.7. The number of nitrogens with one attached hydrogen (secondary N) is 1. The smallest absolute Gasteiger partial charge is 0.231 e. The highest BCUT2D eigenvalue weighted by Gasteiger charge is 2.20. The number of nitrogens with zero attached hydrogens (tertiary/aromatic N) is 2. The van der Waals surface area contributed by atoms with Crippen LogP contribution in [0.25, 0.3) is 0 Å². The van der Waals surface area contributed by atoms with E-state index in [0.29, 0.717) is 17.9 Å². The molecule has 0 aliphatic carbocycles. The van der Waals surface area contributed by atoms with Gasteiger partial charge in [0.2, 0.25) is 5.91 Å². The zero-order valence-corrected chi connectivity index (χ0v) is 9.80. The number of carbonyl (C=O) groups excluding carboxylic acids is 1. The standard InChI is InChI=1S/C10H16N4O3/c1-3-8(9(11)13-16)10(15)12-5-7-4-6(2)17-14-7/h4,8,16H,3,5H2,1-2H3,(H2,11,13)(H,12,15). The van der Waals surface area contributed by atoms with E-state index in [1.165, 1.54) is 0 Å². The van der Waals surface area contributed by atoms with E-state index in [2.05, 4.69) is 15.6 Å². The summed E-state index contributed by atoms with van der Waals surface area (Å²) in [7, 11) is 0. The number of oxime groups is 1. The topological polar surface area (TPSA) is 114 Å². The molecule has 0 saturated heterocycles. The molecule has 0 radical (unpaired) electrons. The van der Waals surface area contributed by atoms with Gasteiger partial charge in [-0.05, 0) is 13.3 Å². The summed E-state index contributed by atoms with van der Waals surface area (Å²) in [6.45, 7) is 3.80. The first kappa shape index (κ1) is 13.0. The van der Waals surface area contributed by atoms with Crippen LogP contribution in [0.2, 0.25) is 0 Å². The molecule has 1 amide bonds. The molecule has 17 heavy (non-hydrogen) atoms. The maximum atomic E-state index is 11.7. The Morgan fingerprint density at radius 3 is 2.94 bits per heavy atom. The van der Waals surface area contributed by atoms with Gasteiger partial charge >= 0.3 is 0 Å². The van der Waals surface area contributed by atoms with Crippen molar-refractivity contribution >= 4 is 11.7 Å². The second kappa shape index (κ2) is 5.88. The van der Waals surface area contributed by atoms with Crippen LogP contribution in [0.5, 0.6) is 0 Å². The molecule has 1 heterocycles. The van der Waals surface area contributed by atoms with Crippen LogP contribution in [-0.4, -0.2) is 22.1 Å². The van der Waals surface area contributed by atoms with Gasteiger partial charge < -0.3 is 20.8 Å². The summed E-state index contributed by atoms with van der Waals surface area (Å²) < 4.78 is 4.86. The normalized spacial score (nSPS) is 13.4. The number of rotatable bonds is 5. The minimum absolute atomic E-state index is 0.0960. The Balaban J connectivity index is 2.54. The molecule has 94 valence electrons. The number of amidine groups is 1. The fourth-order valence-electron chi connectivity index (χ4n) is 1.40. The molecule has 0 aromatic carbocycles. The molecule has 0 saturated carbocycles. The Hall–Kier alpha value is -2.05. The van der Waals surface area contributed by atoms with Crippen molar-refractivity contribution in [1.29, 1.82) is 0 Å². The number of nitrogens with two attached hydrogens (primary N) is 1. The monoisotopic (exact) mass is 240 g/mol. The second-order valence-corrected chi connectivity index (χ2v) is 3.63. The van der Waals surface area contributed by atoms with Crippen LogP contribution in [0.15, 0.2) is 15.7 Å². The van der Waals surface area contributed by atoms with Gasteiger partial charge in [-0.25, -0.2) is 0 Å². The SMILES string of the molecule is CCC(C(=O)NCc1cc(C)on1)C(N)=NO. The molecule has 1 atom stereocenters. The molecule has 7 heteroatoms. The molecule has 4 N–H and O–H groups in total. The average molecular weight is 240 g/mol. The lowest BCUT2D eigenvalue weighted by Gasteiger charge is -2.12. The summed E-state index contributed by atoms with van der Waals surface area (Å²) in [6.07, 6.45) is 0.458. The van der Waals surface area contributed by atoms with Gasteiger partial charge in [0.05, 0.1) is 12.5 Å². The highest BCUT2D eigenvalue weighted by Crippen LogP contribution is 2.05. The van der Waals surface area contributed by atoms with Crippen LogP contribution in [0.1, 0.15) is 24.8 Å². The van der Waals surface area contributed by atoms with Gasteiger partial charge in [0, 0.05) is 6.07 Å². The van der Waals surface area contributed by atoms with Gasteiger partial charge in [-0.3, -0.25) is 4.79 Å². The van der Waals surface area contributed by atoms with Gasteiger partial charge in [0.1, 0.15) is 11.5 Å². The van der Waals surface area contributed by atoms with Crippen LogP contribution in [0.3, 0.4) is 0 Å². The molecule has 0 aliphatic rings. The van der Waals surface area contributed by atoms with Crippen molar-refractivity contribution in [2.75, 3.05) is 0 Å². The molecule has 1 aromatic heterocycles. The van der Waals surface area contributed by atoms with E-state index >= 15 is 0 Å². The lowest BCUT2D eigenvalue weighted by atomic mass is 10.0. The quantitative estimate of drug-likeness (QED) is 0.298. The van der Waals surface area contributed by atoms with Crippen molar-refractivity contribution in [2.24, 2.45) is 16.8 Å². The number of hydrogen-bond acceptors (Lipinski definition) is 5. The van der Waals surface area contributed by atoms with Gasteiger partial charge in [-0.15, -0.1) is 0 Å². The van der Waals surface area contributed by atoms with Crippen molar-refractivity contribution in [3.8, 4) is 0 Å². The van der Waals surface area contributed by atoms with Crippen LogP contribution in [-0.2, 0) is 11.3 Å². The summed E-state index contributed by atoms with van der Waals surface area (Å²) in [4.78, 5) is 11.7. The van der Waals surface area contributed by atoms with Crippen LogP contribution >= 0.6 is 0 Å². The zero-order chi connectivity index (χ0) is 12.8. The van der Waals surface area contributed by atoms with Crippen molar-refractivity contribution < 1.29 is 14.5 Å². The number of aromatic nitrogens is 1. The molecule has 1 unspecified atom stereocenters. The van der Waals surface area contributed by atoms with E-state index in [1.54, 1.807) is 19.9 Å². The second-order valence-electron chi connectivity index (χ2n) is 3.63. The van der Waals surface area contributed by atoms with E-state index in [4.69, 9.17) is 15.5 Å². The fourth-order valence-corrected chi connectivity index (χ4v) is 1.40. The van der Waals surface area contributed by atoms with E-state index in [0.717, 1.165) is 0 Å². The molecule has 0 aliphatic heterocycles. The molecule has 1 aromatic rings. The number of amides is 1. The molecule has 0 fully saturated rings. The Bertz CT molecular complexity index is 413. The third-order valence-corrected chi connectivity index (χ3v) is 2.32. The summed E-state index contributed by atoms with van der Waals surface area (Å²) in [5.74, 6) is -0.351. The van der Waals surface area contributed by atoms with Gasteiger partial charge in [-0.2, -0.15) is 0 Å². The van der Waals surface area contributed by atoms with Crippen LogP contribution in [0.4, 0.5) is 0 Å². The molecule has 0 bridgehead atoms. The van der Waals surface area contributed by atoms with Crippen molar-refractivity contribution in [2.45, 2.75) is 26.8 Å². The maximum Gasteiger partial charge on any atom is 0.231 e. The van der Waals surface area contributed by atoms with E-state index in [1.807, 2.05) is 0 Å². The molecular formula is C10H16N4O3. The lowest BCUT2D eigenvalue weighted by Crippen LogP contribution is -2.38. The summed E-state index contributed by atoms with van der Waals surface area (Å²) in [5, 5.41) is 17.8. The third kappa shape index (κ3) is 3.47. The summed E-state index contributed by atoms with van der Waals surface area (Å²) >= 11 is 0. The third-order valence-electron chi connectivity index (χ3n) is 2.32. The zero-order valence-electron chi connectivity index (χ0n) is 9.80. The molecule has 0 spiro atoms.